The zero-order valence-corrected chi connectivity index (χ0v) is 8.72. The first-order valence-corrected chi connectivity index (χ1v) is 4.85. The third-order valence-electron chi connectivity index (χ3n) is 2.25. The van der Waals surface area contributed by atoms with Gasteiger partial charge < -0.3 is 5.73 Å². The molecule has 17 heavy (non-hydrogen) atoms. The van der Waals surface area contributed by atoms with Gasteiger partial charge in [0.25, 0.3) is 0 Å². The van der Waals surface area contributed by atoms with Crippen molar-refractivity contribution in [2.24, 2.45) is 5.73 Å². The summed E-state index contributed by atoms with van der Waals surface area (Å²) in [6.07, 6.45) is -5.95. The van der Waals surface area contributed by atoms with E-state index in [9.17, 15) is 22.0 Å². The van der Waals surface area contributed by atoms with Gasteiger partial charge in [-0.2, -0.15) is 22.0 Å². The maximum Gasteiger partial charge on any atom is 0.453 e. The van der Waals surface area contributed by atoms with E-state index in [0.29, 0.717) is 5.69 Å². The third kappa shape index (κ3) is 3.62. The number of hydrogen-bond acceptors (Lipinski definition) is 2. The predicted octanol–water partition coefficient (Wildman–Crippen LogP) is 3.06. The van der Waals surface area contributed by atoms with Crippen LogP contribution in [-0.2, 0) is 0 Å². The Morgan fingerprint density at radius 1 is 1.18 bits per heavy atom. The summed E-state index contributed by atoms with van der Waals surface area (Å²) in [4.78, 5) is 3.79. The molecule has 1 unspecified atom stereocenters. The van der Waals surface area contributed by atoms with Gasteiger partial charge >= 0.3 is 12.1 Å². The van der Waals surface area contributed by atoms with Gasteiger partial charge in [-0.1, -0.05) is 6.07 Å². The SMILES string of the molecule is NC(CCC(F)(F)C(F)(F)F)c1ccccn1. The summed E-state index contributed by atoms with van der Waals surface area (Å²) in [5.41, 5.74) is 5.78. The lowest BCUT2D eigenvalue weighted by Gasteiger charge is -2.21. The Hall–Kier alpha value is -1.24. The van der Waals surface area contributed by atoms with Gasteiger partial charge in [0, 0.05) is 18.7 Å². The van der Waals surface area contributed by atoms with Gasteiger partial charge in [-0.3, -0.25) is 4.98 Å². The maximum absolute atomic E-state index is 12.6. The molecule has 2 nitrogen and oxygen atoms in total. The molecular formula is C10H11F5N2. The molecule has 2 N–H and O–H groups in total. The molecule has 0 spiro atoms. The predicted molar refractivity (Wildman–Crippen MR) is 51.4 cm³/mol. The molecule has 1 rings (SSSR count). The van der Waals surface area contributed by atoms with Crippen molar-refractivity contribution in [1.82, 2.24) is 4.98 Å². The molecule has 0 amide bonds. The molecule has 0 fully saturated rings. The molecule has 7 heteroatoms. The average Bonchev–Trinajstić information content (AvgIpc) is 2.25. The van der Waals surface area contributed by atoms with Crippen LogP contribution in [-0.4, -0.2) is 17.1 Å². The molecule has 0 aliphatic rings. The van der Waals surface area contributed by atoms with Crippen LogP contribution in [0.4, 0.5) is 22.0 Å². The van der Waals surface area contributed by atoms with E-state index in [4.69, 9.17) is 5.73 Å². The summed E-state index contributed by atoms with van der Waals surface area (Å²) in [5, 5.41) is 0. The number of nitrogens with zero attached hydrogens (tertiary/aromatic N) is 1. The fourth-order valence-corrected chi connectivity index (χ4v) is 1.22. The smallest absolute Gasteiger partial charge is 0.323 e. The zero-order chi connectivity index (χ0) is 13.1. The molecule has 1 aromatic rings. The normalized spacial score (nSPS) is 14.7. The summed E-state index contributed by atoms with van der Waals surface area (Å²) >= 11 is 0. The Balaban J connectivity index is 2.58. The fraction of sp³-hybridized carbons (Fsp3) is 0.500. The number of alkyl halides is 5. The highest BCUT2D eigenvalue weighted by Gasteiger charge is 2.56. The summed E-state index contributed by atoms with van der Waals surface area (Å²) < 4.78 is 60.9. The van der Waals surface area contributed by atoms with E-state index in [2.05, 4.69) is 4.98 Å². The van der Waals surface area contributed by atoms with Crippen LogP contribution in [0.1, 0.15) is 24.6 Å². The minimum absolute atomic E-state index is 0.297. The molecule has 1 aromatic heterocycles. The van der Waals surface area contributed by atoms with Gasteiger partial charge in [0.15, 0.2) is 0 Å². The molecule has 0 radical (unpaired) electrons. The molecule has 96 valence electrons. The Bertz CT molecular complexity index is 349. The van der Waals surface area contributed by atoms with Crippen molar-refractivity contribution in [2.45, 2.75) is 31.0 Å². The van der Waals surface area contributed by atoms with Crippen LogP contribution >= 0.6 is 0 Å². The van der Waals surface area contributed by atoms with Gasteiger partial charge in [-0.25, -0.2) is 0 Å². The van der Waals surface area contributed by atoms with Crippen molar-refractivity contribution in [3.63, 3.8) is 0 Å². The Morgan fingerprint density at radius 3 is 2.29 bits per heavy atom. The fourth-order valence-electron chi connectivity index (χ4n) is 1.22. The highest BCUT2D eigenvalue weighted by molar-refractivity contribution is 5.07. The molecule has 1 heterocycles. The second kappa shape index (κ2) is 4.95. The summed E-state index contributed by atoms with van der Waals surface area (Å²) in [5.74, 6) is -4.71. The van der Waals surface area contributed by atoms with E-state index >= 15 is 0 Å². The lowest BCUT2D eigenvalue weighted by atomic mass is 10.0. The highest BCUT2D eigenvalue weighted by Crippen LogP contribution is 2.39. The van der Waals surface area contributed by atoms with Crippen molar-refractivity contribution in [3.05, 3.63) is 30.1 Å². The molecule has 0 saturated heterocycles. The van der Waals surface area contributed by atoms with Crippen LogP contribution in [0.2, 0.25) is 0 Å². The van der Waals surface area contributed by atoms with E-state index < -0.39 is 31.0 Å². The molecule has 0 aliphatic heterocycles. The molecule has 0 saturated carbocycles. The number of halogens is 5. The Kier molecular flexibility index (Phi) is 4.03. The number of aromatic nitrogens is 1. The summed E-state index contributed by atoms with van der Waals surface area (Å²) in [6, 6.07) is 3.74. The molecular weight excluding hydrogens is 243 g/mol. The van der Waals surface area contributed by atoms with E-state index in [1.807, 2.05) is 0 Å². The minimum atomic E-state index is -5.53. The summed E-state index contributed by atoms with van der Waals surface area (Å²) in [6.45, 7) is 0. The molecule has 0 bridgehead atoms. The number of rotatable bonds is 4. The van der Waals surface area contributed by atoms with E-state index in [1.165, 1.54) is 12.3 Å². The first kappa shape index (κ1) is 13.8. The molecule has 1 atom stereocenters. The lowest BCUT2D eigenvalue weighted by Crippen LogP contribution is -2.37. The molecule has 0 aliphatic carbocycles. The largest absolute Gasteiger partial charge is 0.453 e. The first-order valence-electron chi connectivity index (χ1n) is 4.85. The van der Waals surface area contributed by atoms with Crippen LogP contribution in [0.15, 0.2) is 24.4 Å². The second-order valence-corrected chi connectivity index (χ2v) is 3.60. The number of hydrogen-bond donors (Lipinski definition) is 1. The maximum atomic E-state index is 12.6. The minimum Gasteiger partial charge on any atom is -0.323 e. The van der Waals surface area contributed by atoms with Crippen LogP contribution in [0.3, 0.4) is 0 Å². The van der Waals surface area contributed by atoms with Crippen LogP contribution in [0, 0.1) is 0 Å². The van der Waals surface area contributed by atoms with Crippen molar-refractivity contribution in [3.8, 4) is 0 Å². The van der Waals surface area contributed by atoms with Crippen LogP contribution < -0.4 is 5.73 Å². The van der Waals surface area contributed by atoms with Gasteiger partial charge in [0.1, 0.15) is 0 Å². The van der Waals surface area contributed by atoms with Gasteiger partial charge in [-0.05, 0) is 18.6 Å². The third-order valence-corrected chi connectivity index (χ3v) is 2.25. The van der Waals surface area contributed by atoms with Gasteiger partial charge in [-0.15, -0.1) is 0 Å². The van der Waals surface area contributed by atoms with Gasteiger partial charge in [0.2, 0.25) is 0 Å². The van der Waals surface area contributed by atoms with E-state index in [0.717, 1.165) is 0 Å². The average molecular weight is 254 g/mol. The van der Waals surface area contributed by atoms with Crippen molar-refractivity contribution < 1.29 is 22.0 Å². The Morgan fingerprint density at radius 2 is 1.82 bits per heavy atom. The van der Waals surface area contributed by atoms with Gasteiger partial charge in [0.05, 0.1) is 5.69 Å². The quantitative estimate of drug-likeness (QED) is 0.839. The standard InChI is InChI=1S/C10H11F5N2/c11-9(12,10(13,14)15)5-4-7(16)8-3-1-2-6-17-8/h1-3,6-7H,4-5,16H2. The van der Waals surface area contributed by atoms with Crippen molar-refractivity contribution in [2.75, 3.05) is 0 Å². The van der Waals surface area contributed by atoms with E-state index in [-0.39, 0.29) is 0 Å². The number of pyridine rings is 1. The monoisotopic (exact) mass is 254 g/mol. The number of nitrogens with two attached hydrogens (primary N) is 1. The topological polar surface area (TPSA) is 38.9 Å². The van der Waals surface area contributed by atoms with Crippen molar-refractivity contribution >= 4 is 0 Å². The second-order valence-electron chi connectivity index (χ2n) is 3.60. The van der Waals surface area contributed by atoms with Crippen LogP contribution in [0.25, 0.3) is 0 Å². The van der Waals surface area contributed by atoms with Crippen molar-refractivity contribution in [1.29, 1.82) is 0 Å². The van der Waals surface area contributed by atoms with Crippen LogP contribution in [0.5, 0.6) is 0 Å². The first-order chi connectivity index (χ1) is 7.74. The van der Waals surface area contributed by atoms with E-state index in [1.54, 1.807) is 12.1 Å². The highest BCUT2D eigenvalue weighted by atomic mass is 19.4. The lowest BCUT2D eigenvalue weighted by molar-refractivity contribution is -0.284. The molecule has 0 aromatic carbocycles. The summed E-state index contributed by atoms with van der Waals surface area (Å²) in [7, 11) is 0. The Labute approximate surface area is 94.6 Å². The zero-order valence-electron chi connectivity index (χ0n) is 8.72.